The summed E-state index contributed by atoms with van der Waals surface area (Å²) in [5.74, 6) is -1.55. The van der Waals surface area contributed by atoms with Crippen LogP contribution in [-0.2, 0) is 11.2 Å². The number of hydrogen-bond acceptors (Lipinski definition) is 3. The summed E-state index contributed by atoms with van der Waals surface area (Å²) in [6, 6.07) is 9.32. The van der Waals surface area contributed by atoms with E-state index in [4.69, 9.17) is 27.9 Å². The first-order valence-corrected chi connectivity index (χ1v) is 8.12. The van der Waals surface area contributed by atoms with Crippen molar-refractivity contribution in [1.29, 1.82) is 0 Å². The van der Waals surface area contributed by atoms with Crippen LogP contribution in [0.2, 0.25) is 10.0 Å². The van der Waals surface area contributed by atoms with E-state index in [-0.39, 0.29) is 22.2 Å². The van der Waals surface area contributed by atoms with Crippen LogP contribution in [0.3, 0.4) is 0 Å². The zero-order chi connectivity index (χ0) is 18.4. The van der Waals surface area contributed by atoms with Gasteiger partial charge in [0.05, 0.1) is 15.6 Å². The summed E-state index contributed by atoms with van der Waals surface area (Å²) in [5, 5.41) is -0.236. The molecule has 0 atom stereocenters. The monoisotopic (exact) mass is 384 g/mol. The maximum Gasteiger partial charge on any atom is 0.276 e. The van der Waals surface area contributed by atoms with Crippen molar-refractivity contribution < 1.29 is 18.7 Å². The first-order valence-electron chi connectivity index (χ1n) is 7.36. The molecule has 2 N–H and O–H groups in total. The molecule has 2 aromatic carbocycles. The van der Waals surface area contributed by atoms with Gasteiger partial charge in [0, 0.05) is 0 Å². The van der Waals surface area contributed by atoms with Crippen LogP contribution in [-0.4, -0.2) is 18.4 Å². The van der Waals surface area contributed by atoms with Gasteiger partial charge in [0.15, 0.2) is 6.61 Å². The van der Waals surface area contributed by atoms with E-state index in [9.17, 15) is 14.0 Å². The van der Waals surface area contributed by atoms with E-state index in [1.165, 1.54) is 0 Å². The molecule has 2 amide bonds. The Labute approximate surface area is 154 Å². The van der Waals surface area contributed by atoms with E-state index in [0.29, 0.717) is 5.75 Å². The lowest BCUT2D eigenvalue weighted by Gasteiger charge is -2.11. The molecule has 0 saturated heterocycles. The summed E-state index contributed by atoms with van der Waals surface area (Å²) in [7, 11) is 0. The number of aryl methyl sites for hydroxylation is 1. The number of carbonyl (C=O) groups is 2. The Kier molecular flexibility index (Phi) is 6.61. The average Bonchev–Trinajstić information content (AvgIpc) is 2.61. The molecule has 0 saturated carbocycles. The molecule has 25 heavy (non-hydrogen) atoms. The van der Waals surface area contributed by atoms with Crippen LogP contribution in [0.1, 0.15) is 22.8 Å². The van der Waals surface area contributed by atoms with Crippen molar-refractivity contribution in [3.8, 4) is 5.75 Å². The van der Waals surface area contributed by atoms with Crippen molar-refractivity contribution in [2.75, 3.05) is 6.61 Å². The van der Waals surface area contributed by atoms with Crippen LogP contribution in [0, 0.1) is 5.82 Å². The topological polar surface area (TPSA) is 67.4 Å². The summed E-state index contributed by atoms with van der Waals surface area (Å²) in [6.07, 6.45) is 0.759. The van der Waals surface area contributed by atoms with Crippen molar-refractivity contribution in [1.82, 2.24) is 10.9 Å². The number of hydrogen-bond donors (Lipinski definition) is 2. The van der Waals surface area contributed by atoms with Gasteiger partial charge in [-0.05, 0) is 30.2 Å². The third kappa shape index (κ3) is 5.08. The average molecular weight is 385 g/mol. The number of para-hydroxylation sites is 1. The molecule has 0 aliphatic rings. The van der Waals surface area contributed by atoms with E-state index in [1.54, 1.807) is 12.1 Å². The molecule has 0 fully saturated rings. The minimum Gasteiger partial charge on any atom is -0.483 e. The summed E-state index contributed by atoms with van der Waals surface area (Å²) >= 11 is 11.4. The summed E-state index contributed by atoms with van der Waals surface area (Å²) in [6.45, 7) is 1.68. The minimum atomic E-state index is -0.790. The van der Waals surface area contributed by atoms with E-state index >= 15 is 0 Å². The van der Waals surface area contributed by atoms with Gasteiger partial charge < -0.3 is 4.74 Å². The van der Waals surface area contributed by atoms with Crippen LogP contribution in [0.15, 0.2) is 36.4 Å². The molecule has 0 bridgehead atoms. The van der Waals surface area contributed by atoms with E-state index in [2.05, 4.69) is 10.9 Å². The number of amides is 2. The molecule has 132 valence electrons. The van der Waals surface area contributed by atoms with Gasteiger partial charge >= 0.3 is 0 Å². The smallest absolute Gasteiger partial charge is 0.276 e. The number of carbonyl (C=O) groups excluding carboxylic acids is 2. The molecule has 0 spiro atoms. The fourth-order valence-corrected chi connectivity index (χ4v) is 2.48. The van der Waals surface area contributed by atoms with Crippen molar-refractivity contribution in [3.63, 3.8) is 0 Å². The van der Waals surface area contributed by atoms with Gasteiger partial charge in [-0.25, -0.2) is 4.39 Å². The summed E-state index contributed by atoms with van der Waals surface area (Å²) < 4.78 is 18.8. The lowest BCUT2D eigenvalue weighted by Crippen LogP contribution is -2.44. The number of benzene rings is 2. The molecule has 2 aromatic rings. The highest BCUT2D eigenvalue weighted by Gasteiger charge is 2.15. The Hall–Kier alpha value is -2.31. The second-order valence-corrected chi connectivity index (χ2v) is 5.81. The molecule has 0 aliphatic carbocycles. The van der Waals surface area contributed by atoms with Crippen molar-refractivity contribution >= 4 is 35.0 Å². The summed E-state index contributed by atoms with van der Waals surface area (Å²) in [5.41, 5.74) is 5.12. The van der Waals surface area contributed by atoms with Gasteiger partial charge in [-0.1, -0.05) is 48.3 Å². The minimum absolute atomic E-state index is 0.0359. The molecule has 0 unspecified atom stereocenters. The van der Waals surface area contributed by atoms with Crippen LogP contribution in [0.4, 0.5) is 4.39 Å². The van der Waals surface area contributed by atoms with Crippen LogP contribution in [0.5, 0.6) is 5.75 Å². The fourth-order valence-electron chi connectivity index (χ4n) is 2.01. The van der Waals surface area contributed by atoms with E-state index in [1.807, 2.05) is 19.1 Å². The first kappa shape index (κ1) is 19.0. The van der Waals surface area contributed by atoms with E-state index < -0.39 is 17.6 Å². The van der Waals surface area contributed by atoms with Gasteiger partial charge in [0.25, 0.3) is 11.8 Å². The first-order chi connectivity index (χ1) is 11.9. The number of ether oxygens (including phenoxy) is 1. The molecule has 0 aromatic heterocycles. The van der Waals surface area contributed by atoms with Gasteiger partial charge in [-0.2, -0.15) is 0 Å². The second-order valence-electron chi connectivity index (χ2n) is 5.00. The standard InChI is InChI=1S/C17H15Cl2FN2O3/c1-2-10-5-3-4-6-15(10)25-9-16(23)21-22-17(24)11-7-14(20)13(19)8-12(11)18/h3-8H,2,9H2,1H3,(H,21,23)(H,22,24). The summed E-state index contributed by atoms with van der Waals surface area (Å²) in [4.78, 5) is 23.7. The van der Waals surface area contributed by atoms with Crippen LogP contribution in [0.25, 0.3) is 0 Å². The number of rotatable bonds is 5. The quantitative estimate of drug-likeness (QED) is 0.611. The Morgan fingerprint density at radius 3 is 2.56 bits per heavy atom. The predicted octanol–water partition coefficient (Wildman–Crippen LogP) is 3.53. The normalized spacial score (nSPS) is 10.2. The molecule has 5 nitrogen and oxygen atoms in total. The SMILES string of the molecule is CCc1ccccc1OCC(=O)NNC(=O)c1cc(F)c(Cl)cc1Cl. The third-order valence-corrected chi connectivity index (χ3v) is 3.88. The highest BCUT2D eigenvalue weighted by molar-refractivity contribution is 6.36. The predicted molar refractivity (Wildman–Crippen MR) is 93.3 cm³/mol. The molecular formula is C17H15Cl2FN2O3. The molecular weight excluding hydrogens is 370 g/mol. The van der Waals surface area contributed by atoms with Gasteiger partial charge in [-0.3, -0.25) is 20.4 Å². The third-order valence-electron chi connectivity index (χ3n) is 3.28. The Morgan fingerprint density at radius 2 is 1.84 bits per heavy atom. The Morgan fingerprint density at radius 1 is 1.12 bits per heavy atom. The molecule has 8 heteroatoms. The Bertz CT molecular complexity index is 799. The highest BCUT2D eigenvalue weighted by Crippen LogP contribution is 2.24. The van der Waals surface area contributed by atoms with E-state index in [0.717, 1.165) is 24.1 Å². The zero-order valence-electron chi connectivity index (χ0n) is 13.2. The zero-order valence-corrected chi connectivity index (χ0v) is 14.7. The molecule has 0 aliphatic heterocycles. The largest absolute Gasteiger partial charge is 0.483 e. The van der Waals surface area contributed by atoms with Crippen LogP contribution < -0.4 is 15.6 Å². The maximum atomic E-state index is 13.4. The lowest BCUT2D eigenvalue weighted by molar-refractivity contribution is -0.123. The fraction of sp³-hybridized carbons (Fsp3) is 0.176. The van der Waals surface area contributed by atoms with Crippen LogP contribution >= 0.6 is 23.2 Å². The lowest BCUT2D eigenvalue weighted by atomic mass is 10.1. The number of hydrazine groups is 1. The van der Waals surface area contributed by atoms with Gasteiger partial charge in [0.1, 0.15) is 11.6 Å². The second kappa shape index (κ2) is 8.69. The van der Waals surface area contributed by atoms with Gasteiger partial charge in [-0.15, -0.1) is 0 Å². The molecule has 0 radical (unpaired) electrons. The van der Waals surface area contributed by atoms with Crippen molar-refractivity contribution in [2.45, 2.75) is 13.3 Å². The molecule has 2 rings (SSSR count). The maximum absolute atomic E-state index is 13.4. The van der Waals surface area contributed by atoms with Gasteiger partial charge in [0.2, 0.25) is 0 Å². The number of halogens is 3. The molecule has 0 heterocycles. The number of nitrogens with one attached hydrogen (secondary N) is 2. The van der Waals surface area contributed by atoms with Crippen molar-refractivity contribution in [2.24, 2.45) is 0 Å². The highest BCUT2D eigenvalue weighted by atomic mass is 35.5. The Balaban J connectivity index is 1.89. The van der Waals surface area contributed by atoms with Crippen molar-refractivity contribution in [3.05, 3.63) is 63.4 Å².